The van der Waals surface area contributed by atoms with Crippen molar-refractivity contribution in [1.29, 1.82) is 0 Å². The van der Waals surface area contributed by atoms with Crippen molar-refractivity contribution < 1.29 is 19.4 Å². The Hall–Kier alpha value is -2.08. The van der Waals surface area contributed by atoms with Crippen molar-refractivity contribution in [1.82, 2.24) is 5.32 Å². The monoisotopic (exact) mass is 252 g/mol. The van der Waals surface area contributed by atoms with E-state index < -0.39 is 18.0 Å². The Morgan fingerprint density at radius 3 is 2.50 bits per heavy atom. The number of hydrogen-bond donors (Lipinski definition) is 2. The van der Waals surface area contributed by atoms with Gasteiger partial charge in [0.15, 0.2) is 6.04 Å². The fourth-order valence-electron chi connectivity index (χ4n) is 1.36. The summed E-state index contributed by atoms with van der Waals surface area (Å²) in [7, 11) is 2.94. The maximum atomic E-state index is 11.8. The summed E-state index contributed by atoms with van der Waals surface area (Å²) < 4.78 is 4.74. The summed E-state index contributed by atoms with van der Waals surface area (Å²) in [5.74, 6) is -1.13. The van der Waals surface area contributed by atoms with Gasteiger partial charge in [-0.05, 0) is 12.1 Å². The SMILES string of the molecule is COCC(NC(=O)N(C)c1ccccc1)C(=O)O. The molecule has 0 aliphatic rings. The van der Waals surface area contributed by atoms with Crippen LogP contribution in [0.1, 0.15) is 0 Å². The van der Waals surface area contributed by atoms with Crippen molar-refractivity contribution in [2.75, 3.05) is 25.7 Å². The van der Waals surface area contributed by atoms with Crippen molar-refractivity contribution >= 4 is 17.7 Å². The number of nitrogens with zero attached hydrogens (tertiary/aromatic N) is 1. The summed E-state index contributed by atoms with van der Waals surface area (Å²) in [4.78, 5) is 24.0. The molecule has 6 nitrogen and oxygen atoms in total. The Morgan fingerprint density at radius 1 is 1.39 bits per heavy atom. The number of nitrogens with one attached hydrogen (secondary N) is 1. The second kappa shape index (κ2) is 6.61. The lowest BCUT2D eigenvalue weighted by Gasteiger charge is -2.21. The molecule has 0 bridgehead atoms. The fraction of sp³-hybridized carbons (Fsp3) is 0.333. The van der Waals surface area contributed by atoms with E-state index in [9.17, 15) is 9.59 Å². The second-order valence-corrected chi connectivity index (χ2v) is 3.69. The van der Waals surface area contributed by atoms with Crippen molar-refractivity contribution in [3.05, 3.63) is 30.3 Å². The van der Waals surface area contributed by atoms with Crippen LogP contribution in [0, 0.1) is 0 Å². The number of urea groups is 1. The lowest BCUT2D eigenvalue weighted by atomic mass is 10.3. The Morgan fingerprint density at radius 2 is 2.00 bits per heavy atom. The molecule has 1 unspecified atom stereocenters. The number of amides is 2. The van der Waals surface area contributed by atoms with E-state index in [4.69, 9.17) is 9.84 Å². The zero-order valence-corrected chi connectivity index (χ0v) is 10.3. The number of benzene rings is 1. The van der Waals surface area contributed by atoms with Crippen LogP contribution in [0.2, 0.25) is 0 Å². The fourth-order valence-corrected chi connectivity index (χ4v) is 1.36. The molecule has 1 aromatic rings. The highest BCUT2D eigenvalue weighted by atomic mass is 16.5. The van der Waals surface area contributed by atoms with Gasteiger partial charge in [0.25, 0.3) is 0 Å². The maximum absolute atomic E-state index is 11.8. The molecule has 0 saturated carbocycles. The summed E-state index contributed by atoms with van der Waals surface area (Å²) >= 11 is 0. The van der Waals surface area contributed by atoms with E-state index in [1.54, 1.807) is 31.3 Å². The van der Waals surface area contributed by atoms with Crippen molar-refractivity contribution in [2.24, 2.45) is 0 Å². The van der Waals surface area contributed by atoms with Gasteiger partial charge in [-0.2, -0.15) is 0 Å². The van der Waals surface area contributed by atoms with Gasteiger partial charge in [0.1, 0.15) is 0 Å². The first-order valence-corrected chi connectivity index (χ1v) is 5.37. The molecule has 0 aliphatic heterocycles. The van der Waals surface area contributed by atoms with Gasteiger partial charge in [0.05, 0.1) is 6.61 Å². The van der Waals surface area contributed by atoms with Crippen LogP contribution in [0.5, 0.6) is 0 Å². The smallest absolute Gasteiger partial charge is 0.328 e. The average Bonchev–Trinajstić information content (AvgIpc) is 2.38. The third kappa shape index (κ3) is 3.74. The summed E-state index contributed by atoms with van der Waals surface area (Å²) in [6.07, 6.45) is 0. The van der Waals surface area contributed by atoms with Gasteiger partial charge < -0.3 is 15.2 Å². The zero-order chi connectivity index (χ0) is 13.5. The first kappa shape index (κ1) is 14.0. The molecule has 0 spiro atoms. The van der Waals surface area contributed by atoms with Crippen LogP contribution < -0.4 is 10.2 Å². The third-order valence-electron chi connectivity index (χ3n) is 2.38. The van der Waals surface area contributed by atoms with E-state index in [0.29, 0.717) is 5.69 Å². The second-order valence-electron chi connectivity index (χ2n) is 3.69. The third-order valence-corrected chi connectivity index (χ3v) is 2.38. The first-order chi connectivity index (χ1) is 8.56. The molecular weight excluding hydrogens is 236 g/mol. The van der Waals surface area contributed by atoms with Crippen LogP contribution >= 0.6 is 0 Å². The largest absolute Gasteiger partial charge is 0.480 e. The topological polar surface area (TPSA) is 78.9 Å². The Labute approximate surface area is 105 Å². The first-order valence-electron chi connectivity index (χ1n) is 5.37. The molecule has 6 heteroatoms. The molecule has 2 amide bonds. The van der Waals surface area contributed by atoms with E-state index >= 15 is 0 Å². The van der Waals surface area contributed by atoms with Crippen molar-refractivity contribution in [2.45, 2.75) is 6.04 Å². The highest BCUT2D eigenvalue weighted by Crippen LogP contribution is 2.10. The molecule has 18 heavy (non-hydrogen) atoms. The van der Waals surface area contributed by atoms with Crippen LogP contribution in [0.3, 0.4) is 0 Å². The number of hydrogen-bond acceptors (Lipinski definition) is 3. The molecular formula is C12H16N2O4. The van der Waals surface area contributed by atoms with Gasteiger partial charge in [0, 0.05) is 19.8 Å². The predicted molar refractivity (Wildman–Crippen MR) is 66.7 cm³/mol. The molecule has 0 heterocycles. The number of carbonyl (C=O) groups excluding carboxylic acids is 1. The number of carbonyl (C=O) groups is 2. The molecule has 0 radical (unpaired) electrons. The molecule has 0 aromatic heterocycles. The van der Waals surface area contributed by atoms with Crippen LogP contribution in [0.4, 0.5) is 10.5 Å². The number of aliphatic carboxylic acids is 1. The molecule has 0 saturated heterocycles. The number of rotatable bonds is 5. The number of methoxy groups -OCH3 is 1. The van der Waals surface area contributed by atoms with E-state index in [-0.39, 0.29) is 6.61 Å². The number of carboxylic acids is 1. The van der Waals surface area contributed by atoms with E-state index in [0.717, 1.165) is 0 Å². The minimum absolute atomic E-state index is 0.0797. The van der Waals surface area contributed by atoms with Gasteiger partial charge in [-0.25, -0.2) is 9.59 Å². The Balaban J connectivity index is 2.67. The summed E-state index contributed by atoms with van der Waals surface area (Å²) in [6.45, 7) is -0.0797. The van der Waals surface area contributed by atoms with Crippen molar-refractivity contribution in [3.63, 3.8) is 0 Å². The Kier molecular flexibility index (Phi) is 5.13. The minimum Gasteiger partial charge on any atom is -0.480 e. The van der Waals surface area contributed by atoms with Crippen LogP contribution in [0.15, 0.2) is 30.3 Å². The summed E-state index contributed by atoms with van der Waals surface area (Å²) in [6, 6.07) is 7.38. The lowest BCUT2D eigenvalue weighted by molar-refractivity contribution is -0.140. The van der Waals surface area contributed by atoms with Crippen molar-refractivity contribution in [3.8, 4) is 0 Å². The number of ether oxygens (including phenoxy) is 1. The van der Waals surface area contributed by atoms with Crippen LogP contribution in [0.25, 0.3) is 0 Å². The van der Waals surface area contributed by atoms with Gasteiger partial charge >= 0.3 is 12.0 Å². The normalized spacial score (nSPS) is 11.7. The van der Waals surface area contributed by atoms with Crippen LogP contribution in [-0.2, 0) is 9.53 Å². The number of para-hydroxylation sites is 1. The molecule has 0 aliphatic carbocycles. The summed E-state index contributed by atoms with van der Waals surface area (Å²) in [5, 5.41) is 11.3. The van der Waals surface area contributed by atoms with E-state index in [1.165, 1.54) is 12.0 Å². The summed E-state index contributed by atoms with van der Waals surface area (Å²) in [5.41, 5.74) is 0.677. The number of carboxylic acid groups (broad SMARTS) is 1. The van der Waals surface area contributed by atoms with E-state index in [1.807, 2.05) is 6.07 Å². The maximum Gasteiger partial charge on any atom is 0.328 e. The molecule has 98 valence electrons. The van der Waals surface area contributed by atoms with Gasteiger partial charge in [-0.1, -0.05) is 18.2 Å². The molecule has 1 atom stereocenters. The quantitative estimate of drug-likeness (QED) is 0.817. The zero-order valence-electron chi connectivity index (χ0n) is 10.3. The molecule has 2 N–H and O–H groups in total. The highest BCUT2D eigenvalue weighted by molar-refractivity contribution is 5.93. The predicted octanol–water partition coefficient (Wildman–Crippen LogP) is 0.932. The highest BCUT2D eigenvalue weighted by Gasteiger charge is 2.21. The van der Waals surface area contributed by atoms with Gasteiger partial charge in [-0.3, -0.25) is 4.90 Å². The molecule has 1 rings (SSSR count). The van der Waals surface area contributed by atoms with E-state index in [2.05, 4.69) is 5.32 Å². The molecule has 1 aromatic carbocycles. The van der Waals surface area contributed by atoms with Gasteiger partial charge in [0.2, 0.25) is 0 Å². The van der Waals surface area contributed by atoms with Crippen LogP contribution in [-0.4, -0.2) is 43.9 Å². The van der Waals surface area contributed by atoms with Gasteiger partial charge in [-0.15, -0.1) is 0 Å². The Bertz CT molecular complexity index is 408. The molecule has 0 fully saturated rings. The lowest BCUT2D eigenvalue weighted by Crippen LogP contribution is -2.48. The minimum atomic E-state index is -1.13. The number of anilines is 1. The standard InChI is InChI=1S/C12H16N2O4/c1-14(9-6-4-3-5-7-9)12(17)13-10(8-18-2)11(15)16/h3-7,10H,8H2,1-2H3,(H,13,17)(H,15,16). The average molecular weight is 252 g/mol.